The van der Waals surface area contributed by atoms with Gasteiger partial charge in [0, 0.05) is 41.8 Å². The van der Waals surface area contributed by atoms with E-state index in [1.165, 1.54) is 22.0 Å². The summed E-state index contributed by atoms with van der Waals surface area (Å²) < 4.78 is 14.7. The van der Waals surface area contributed by atoms with Crippen molar-refractivity contribution in [3.63, 3.8) is 0 Å². The Morgan fingerprint density at radius 3 is 2.54 bits per heavy atom. The third-order valence-electron chi connectivity index (χ3n) is 7.10. The molecule has 1 N–H and O–H groups in total. The second kappa shape index (κ2) is 10.4. The number of nitrogens with one attached hydrogen (secondary N) is 1. The molecule has 2 aliphatic rings. The number of hydrogen-bond acceptors (Lipinski definition) is 8. The fourth-order valence-corrected chi connectivity index (χ4v) is 5.98. The zero-order valence-corrected chi connectivity index (χ0v) is 22.9. The number of benzene rings is 1. The van der Waals surface area contributed by atoms with Crippen molar-refractivity contribution in [3.8, 4) is 11.6 Å². The maximum Gasteiger partial charge on any atom is 0.242 e. The van der Waals surface area contributed by atoms with Crippen LogP contribution < -0.4 is 20.0 Å². The molecule has 37 heavy (non-hydrogen) atoms. The van der Waals surface area contributed by atoms with E-state index in [9.17, 15) is 4.79 Å². The molecule has 3 aromatic rings. The number of aromatic nitrogens is 4. The van der Waals surface area contributed by atoms with E-state index >= 15 is 0 Å². The van der Waals surface area contributed by atoms with E-state index in [1.807, 2.05) is 23.9 Å². The Hall–Kier alpha value is -3.01. The van der Waals surface area contributed by atoms with Crippen LogP contribution in [-0.2, 0) is 12.0 Å². The summed E-state index contributed by atoms with van der Waals surface area (Å²) >= 11 is 1.94. The normalized spacial score (nSPS) is 16.9. The number of ketones is 1. The number of Topliss-reactive ketones (excluding diaryl/α,β-unsaturated/α-hetero) is 1. The standard InChI is InChI=1S/C27H36N6O3S/c1-27(2,3)20-15-18(16-21(25(20)35-4)31-11-13-37-14-12-31)22(34)17-32-26(28)33-23(29-32)9-10-24(30-33)36-19-7-5-6-8-19/h9-10,15-16,19,28H,5-8,11-14,17H2,1-4H3. The van der Waals surface area contributed by atoms with Crippen molar-refractivity contribution < 1.29 is 14.3 Å². The molecule has 1 aliphatic heterocycles. The smallest absolute Gasteiger partial charge is 0.242 e. The quantitative estimate of drug-likeness (QED) is 0.465. The molecule has 0 spiro atoms. The Morgan fingerprint density at radius 1 is 1.14 bits per heavy atom. The lowest BCUT2D eigenvalue weighted by molar-refractivity contribution is 0.0965. The van der Waals surface area contributed by atoms with Gasteiger partial charge in [0.2, 0.25) is 11.5 Å². The van der Waals surface area contributed by atoms with Gasteiger partial charge in [-0.15, -0.1) is 10.2 Å². The van der Waals surface area contributed by atoms with E-state index in [0.29, 0.717) is 17.1 Å². The van der Waals surface area contributed by atoms with Crippen molar-refractivity contribution in [2.45, 2.75) is 64.5 Å². The Bertz CT molecular complexity index is 1350. The van der Waals surface area contributed by atoms with Gasteiger partial charge in [-0.1, -0.05) is 20.8 Å². The lowest BCUT2D eigenvalue weighted by atomic mass is 9.84. The second-order valence-corrected chi connectivity index (χ2v) is 12.0. The van der Waals surface area contributed by atoms with E-state index in [-0.39, 0.29) is 29.5 Å². The molecular weight excluding hydrogens is 488 g/mol. The summed E-state index contributed by atoms with van der Waals surface area (Å²) in [5.41, 5.74) is 2.89. The topological polar surface area (TPSA) is 97.7 Å². The van der Waals surface area contributed by atoms with Crippen molar-refractivity contribution in [1.29, 1.82) is 5.41 Å². The number of hydrogen-bond donors (Lipinski definition) is 1. The van der Waals surface area contributed by atoms with Gasteiger partial charge in [-0.25, -0.2) is 4.68 Å². The minimum Gasteiger partial charge on any atom is -0.494 e. The number of anilines is 1. The summed E-state index contributed by atoms with van der Waals surface area (Å²) in [4.78, 5) is 15.9. The van der Waals surface area contributed by atoms with Crippen LogP contribution in [0.4, 0.5) is 5.69 Å². The number of carbonyl (C=O) groups excluding carboxylic acids is 1. The molecule has 0 amide bonds. The molecule has 1 saturated heterocycles. The van der Waals surface area contributed by atoms with Gasteiger partial charge in [0.25, 0.3) is 0 Å². The molecule has 5 rings (SSSR count). The van der Waals surface area contributed by atoms with Gasteiger partial charge in [-0.3, -0.25) is 10.2 Å². The van der Waals surface area contributed by atoms with E-state index in [1.54, 1.807) is 19.2 Å². The third-order valence-corrected chi connectivity index (χ3v) is 8.04. The zero-order chi connectivity index (χ0) is 26.2. The molecule has 1 aromatic carbocycles. The first-order chi connectivity index (χ1) is 17.7. The van der Waals surface area contributed by atoms with Crippen molar-refractivity contribution >= 4 is 28.9 Å². The predicted octanol–water partition coefficient (Wildman–Crippen LogP) is 4.07. The molecule has 9 nitrogen and oxygen atoms in total. The van der Waals surface area contributed by atoms with Crippen LogP contribution in [0.1, 0.15) is 62.4 Å². The van der Waals surface area contributed by atoms with Gasteiger partial charge in [0.1, 0.15) is 18.4 Å². The summed E-state index contributed by atoms with van der Waals surface area (Å²) in [6.45, 7) is 8.17. The van der Waals surface area contributed by atoms with Crippen LogP contribution in [0.25, 0.3) is 5.65 Å². The molecule has 0 atom stereocenters. The van der Waals surface area contributed by atoms with Crippen LogP contribution in [0.2, 0.25) is 0 Å². The zero-order valence-electron chi connectivity index (χ0n) is 22.1. The molecule has 1 aliphatic carbocycles. The first-order valence-electron chi connectivity index (χ1n) is 13.0. The molecule has 10 heteroatoms. The second-order valence-electron chi connectivity index (χ2n) is 10.8. The summed E-state index contributed by atoms with van der Waals surface area (Å²) in [5, 5.41) is 17.6. The van der Waals surface area contributed by atoms with Gasteiger partial charge in [0.15, 0.2) is 11.4 Å². The van der Waals surface area contributed by atoms with Crippen LogP contribution in [0.3, 0.4) is 0 Å². The van der Waals surface area contributed by atoms with Gasteiger partial charge < -0.3 is 14.4 Å². The van der Waals surface area contributed by atoms with Gasteiger partial charge in [-0.05, 0) is 49.3 Å². The van der Waals surface area contributed by atoms with Gasteiger partial charge in [-0.2, -0.15) is 16.3 Å². The molecule has 2 aromatic heterocycles. The number of nitrogens with zero attached hydrogens (tertiary/aromatic N) is 5. The maximum atomic E-state index is 13.6. The summed E-state index contributed by atoms with van der Waals surface area (Å²) in [5.74, 6) is 3.30. The van der Waals surface area contributed by atoms with Crippen LogP contribution in [0.15, 0.2) is 24.3 Å². The largest absolute Gasteiger partial charge is 0.494 e. The van der Waals surface area contributed by atoms with E-state index in [0.717, 1.165) is 54.4 Å². The Labute approximate surface area is 221 Å². The van der Waals surface area contributed by atoms with Crippen LogP contribution >= 0.6 is 11.8 Å². The molecule has 0 radical (unpaired) electrons. The van der Waals surface area contributed by atoms with E-state index in [4.69, 9.17) is 14.9 Å². The highest BCUT2D eigenvalue weighted by atomic mass is 32.2. The number of ether oxygens (including phenoxy) is 2. The van der Waals surface area contributed by atoms with Crippen LogP contribution in [-0.4, -0.2) is 63.0 Å². The average Bonchev–Trinajstić information content (AvgIpc) is 3.51. The number of methoxy groups -OCH3 is 1. The minimum absolute atomic E-state index is 0.0399. The Morgan fingerprint density at radius 2 is 1.86 bits per heavy atom. The van der Waals surface area contributed by atoms with Gasteiger partial charge in [0.05, 0.1) is 12.8 Å². The van der Waals surface area contributed by atoms with Crippen molar-refractivity contribution in [2.75, 3.05) is 36.6 Å². The first-order valence-corrected chi connectivity index (χ1v) is 14.2. The SMILES string of the molecule is COc1c(N2CCSCC2)cc(C(=O)Cn2nc3ccc(OC4CCCC4)nn3c2=N)cc1C(C)(C)C. The number of carbonyl (C=O) groups is 1. The predicted molar refractivity (Wildman–Crippen MR) is 145 cm³/mol. The van der Waals surface area contributed by atoms with Gasteiger partial charge >= 0.3 is 0 Å². The molecule has 2 fully saturated rings. The minimum atomic E-state index is -0.211. The third kappa shape index (κ3) is 5.35. The lowest BCUT2D eigenvalue weighted by Gasteiger charge is -2.33. The molecular formula is C27H36N6O3S. The number of fused-ring (bicyclic) bond motifs is 1. The number of thioether (sulfide) groups is 1. The summed E-state index contributed by atoms with van der Waals surface area (Å²) in [7, 11) is 1.70. The van der Waals surface area contributed by atoms with E-state index in [2.05, 4.69) is 35.9 Å². The molecule has 198 valence electrons. The summed E-state index contributed by atoms with van der Waals surface area (Å²) in [6.07, 6.45) is 4.58. The molecule has 3 heterocycles. The van der Waals surface area contributed by atoms with E-state index < -0.39 is 0 Å². The molecule has 1 saturated carbocycles. The first kappa shape index (κ1) is 25.6. The summed E-state index contributed by atoms with van der Waals surface area (Å²) in [6, 6.07) is 7.45. The highest BCUT2D eigenvalue weighted by Gasteiger charge is 2.27. The lowest BCUT2D eigenvalue weighted by Crippen LogP contribution is -2.33. The maximum absolute atomic E-state index is 13.6. The van der Waals surface area contributed by atoms with Crippen LogP contribution in [0, 0.1) is 5.41 Å². The Balaban J connectivity index is 1.46. The van der Waals surface area contributed by atoms with Crippen LogP contribution in [0.5, 0.6) is 11.6 Å². The fraction of sp³-hybridized carbons (Fsp3) is 0.556. The Kier molecular flexibility index (Phi) is 7.20. The molecule has 0 unspecified atom stereocenters. The highest BCUT2D eigenvalue weighted by Crippen LogP contribution is 2.41. The fourth-order valence-electron chi connectivity index (χ4n) is 5.07. The van der Waals surface area contributed by atoms with Crippen molar-refractivity contribution in [2.24, 2.45) is 0 Å². The van der Waals surface area contributed by atoms with Crippen molar-refractivity contribution in [3.05, 3.63) is 41.0 Å². The van der Waals surface area contributed by atoms with Crippen molar-refractivity contribution in [1.82, 2.24) is 19.4 Å². The average molecular weight is 525 g/mol. The molecule has 0 bridgehead atoms. The highest BCUT2D eigenvalue weighted by molar-refractivity contribution is 7.99. The number of rotatable bonds is 7. The monoisotopic (exact) mass is 524 g/mol.